The first kappa shape index (κ1) is 13.1. The number of aromatic nitrogens is 1. The molecule has 2 N–H and O–H groups in total. The van der Waals surface area contributed by atoms with Crippen LogP contribution in [0.25, 0.3) is 0 Å². The van der Waals surface area contributed by atoms with Crippen molar-refractivity contribution in [2.45, 2.75) is 13.8 Å². The van der Waals surface area contributed by atoms with Gasteiger partial charge in [0.2, 0.25) is 0 Å². The van der Waals surface area contributed by atoms with Crippen molar-refractivity contribution in [2.75, 3.05) is 36.9 Å². The molecule has 1 aromatic rings. The lowest BCUT2D eigenvalue weighted by atomic mass is 10.3. The molecule has 0 amide bonds. The fraction of sp³-hybridized carbons (Fsp3) is 0.545. The molecule has 0 unspecified atom stereocenters. The molecule has 0 aliphatic carbocycles. The second-order valence-electron chi connectivity index (χ2n) is 3.34. The number of nitrogens with two attached hydrogens (primary N) is 1. The monoisotopic (exact) mass is 243 g/mol. The van der Waals surface area contributed by atoms with E-state index in [9.17, 15) is 0 Å². The van der Waals surface area contributed by atoms with E-state index in [2.05, 4.69) is 16.8 Å². The zero-order valence-electron chi connectivity index (χ0n) is 9.74. The summed E-state index contributed by atoms with van der Waals surface area (Å²) in [6, 6.07) is 1.72. The molecule has 0 fully saturated rings. The Hall–Kier alpha value is -1.00. The van der Waals surface area contributed by atoms with Gasteiger partial charge >= 0.3 is 0 Å². The van der Waals surface area contributed by atoms with Crippen molar-refractivity contribution in [2.24, 2.45) is 0 Å². The summed E-state index contributed by atoms with van der Waals surface area (Å²) in [5.74, 6) is 0.770. The van der Waals surface area contributed by atoms with Crippen molar-refractivity contribution in [3.05, 3.63) is 17.3 Å². The highest BCUT2D eigenvalue weighted by molar-refractivity contribution is 6.30. The first-order valence-electron chi connectivity index (χ1n) is 5.42. The molecule has 90 valence electrons. The van der Waals surface area contributed by atoms with Crippen LogP contribution >= 0.6 is 11.6 Å². The smallest absolute Gasteiger partial charge is 0.151 e. The highest BCUT2D eigenvalue weighted by atomic mass is 35.5. The van der Waals surface area contributed by atoms with Gasteiger partial charge in [0.15, 0.2) is 5.82 Å². The molecule has 4 nitrogen and oxygen atoms in total. The molecule has 0 aliphatic rings. The Bertz CT molecular complexity index is 333. The SMILES string of the molecule is CCOCCN(CC)c1ncc(Cl)cc1N. The summed E-state index contributed by atoms with van der Waals surface area (Å²) in [4.78, 5) is 6.31. The minimum atomic E-state index is 0.558. The summed E-state index contributed by atoms with van der Waals surface area (Å²) in [5, 5.41) is 0.558. The number of ether oxygens (including phenoxy) is 1. The fourth-order valence-electron chi connectivity index (χ4n) is 1.44. The average molecular weight is 244 g/mol. The maximum absolute atomic E-state index is 5.87. The predicted molar refractivity (Wildman–Crippen MR) is 68.0 cm³/mol. The molecule has 0 aromatic carbocycles. The van der Waals surface area contributed by atoms with Gasteiger partial charge < -0.3 is 15.4 Å². The average Bonchev–Trinajstić information content (AvgIpc) is 2.26. The Morgan fingerprint density at radius 3 is 2.81 bits per heavy atom. The molecule has 0 atom stereocenters. The Balaban J connectivity index is 2.70. The van der Waals surface area contributed by atoms with Gasteiger partial charge in [-0.25, -0.2) is 4.98 Å². The molecule has 0 radical (unpaired) electrons. The number of hydrogen-bond acceptors (Lipinski definition) is 4. The van der Waals surface area contributed by atoms with Crippen molar-refractivity contribution in [3.63, 3.8) is 0 Å². The van der Waals surface area contributed by atoms with Crippen molar-refractivity contribution >= 4 is 23.1 Å². The van der Waals surface area contributed by atoms with Crippen molar-refractivity contribution in [1.29, 1.82) is 0 Å². The van der Waals surface area contributed by atoms with E-state index in [0.717, 1.165) is 25.5 Å². The minimum absolute atomic E-state index is 0.558. The van der Waals surface area contributed by atoms with Crippen LogP contribution in [-0.2, 0) is 4.74 Å². The summed E-state index contributed by atoms with van der Waals surface area (Å²) >= 11 is 5.81. The van der Waals surface area contributed by atoms with Crippen LogP contribution in [0.1, 0.15) is 13.8 Å². The number of nitrogens with zero attached hydrogens (tertiary/aromatic N) is 2. The van der Waals surface area contributed by atoms with Gasteiger partial charge in [0, 0.05) is 25.9 Å². The number of hydrogen-bond donors (Lipinski definition) is 1. The molecule has 1 heterocycles. The second kappa shape index (κ2) is 6.55. The van der Waals surface area contributed by atoms with E-state index in [1.54, 1.807) is 12.3 Å². The van der Waals surface area contributed by atoms with Gasteiger partial charge in [-0.3, -0.25) is 0 Å². The van der Waals surface area contributed by atoms with Gasteiger partial charge in [-0.1, -0.05) is 11.6 Å². The highest BCUT2D eigenvalue weighted by Gasteiger charge is 2.09. The van der Waals surface area contributed by atoms with E-state index < -0.39 is 0 Å². The van der Waals surface area contributed by atoms with Crippen LogP contribution in [-0.4, -0.2) is 31.3 Å². The molecular weight excluding hydrogens is 226 g/mol. The van der Waals surface area contributed by atoms with E-state index in [1.165, 1.54) is 0 Å². The number of nitrogen functional groups attached to an aromatic ring is 1. The van der Waals surface area contributed by atoms with Gasteiger partial charge in [0.1, 0.15) is 0 Å². The molecule has 0 spiro atoms. The number of likely N-dealkylation sites (N-methyl/N-ethyl adjacent to an activating group) is 1. The van der Waals surface area contributed by atoms with Crippen LogP contribution in [0.2, 0.25) is 5.02 Å². The third kappa shape index (κ3) is 3.54. The standard InChI is InChI=1S/C11H18ClN3O/c1-3-15(5-6-16-4-2)11-10(13)7-9(12)8-14-11/h7-8H,3-6,13H2,1-2H3. The van der Waals surface area contributed by atoms with Crippen molar-refractivity contribution in [3.8, 4) is 0 Å². The zero-order valence-corrected chi connectivity index (χ0v) is 10.5. The maximum Gasteiger partial charge on any atom is 0.151 e. The third-order valence-electron chi connectivity index (χ3n) is 2.25. The topological polar surface area (TPSA) is 51.4 Å². The molecule has 0 saturated heterocycles. The number of anilines is 2. The van der Waals surface area contributed by atoms with Gasteiger partial charge in [0.25, 0.3) is 0 Å². The largest absolute Gasteiger partial charge is 0.396 e. The normalized spacial score (nSPS) is 10.4. The summed E-state index contributed by atoms with van der Waals surface area (Å²) in [6.07, 6.45) is 1.61. The summed E-state index contributed by atoms with van der Waals surface area (Å²) in [5.41, 5.74) is 6.48. The molecular formula is C11H18ClN3O. The van der Waals surface area contributed by atoms with Crippen molar-refractivity contribution in [1.82, 2.24) is 4.98 Å². The van der Waals surface area contributed by atoms with Crippen LogP contribution in [0.3, 0.4) is 0 Å². The van der Waals surface area contributed by atoms with Gasteiger partial charge in [0.05, 0.1) is 17.3 Å². The molecule has 0 saturated carbocycles. The number of rotatable bonds is 6. The van der Waals surface area contributed by atoms with Gasteiger partial charge in [-0.05, 0) is 19.9 Å². The summed E-state index contributed by atoms with van der Waals surface area (Å²) in [7, 11) is 0. The maximum atomic E-state index is 5.87. The van der Waals surface area contributed by atoms with E-state index in [-0.39, 0.29) is 0 Å². The fourth-order valence-corrected chi connectivity index (χ4v) is 1.61. The first-order chi connectivity index (χ1) is 7.69. The second-order valence-corrected chi connectivity index (χ2v) is 3.78. The predicted octanol–water partition coefficient (Wildman–Crippen LogP) is 2.18. The lowest BCUT2D eigenvalue weighted by molar-refractivity contribution is 0.154. The summed E-state index contributed by atoms with van der Waals surface area (Å²) < 4.78 is 5.31. The molecule has 16 heavy (non-hydrogen) atoms. The quantitative estimate of drug-likeness (QED) is 0.779. The van der Waals surface area contributed by atoms with Crippen LogP contribution in [0.5, 0.6) is 0 Å². The highest BCUT2D eigenvalue weighted by Crippen LogP contribution is 2.22. The van der Waals surface area contributed by atoms with E-state index >= 15 is 0 Å². The van der Waals surface area contributed by atoms with Gasteiger partial charge in [-0.15, -0.1) is 0 Å². The Morgan fingerprint density at radius 2 is 2.25 bits per heavy atom. The van der Waals surface area contributed by atoms with Gasteiger partial charge in [-0.2, -0.15) is 0 Å². The molecule has 0 aliphatic heterocycles. The molecule has 5 heteroatoms. The Morgan fingerprint density at radius 1 is 1.50 bits per heavy atom. The van der Waals surface area contributed by atoms with E-state index in [1.807, 2.05) is 6.92 Å². The van der Waals surface area contributed by atoms with E-state index in [4.69, 9.17) is 22.1 Å². The molecule has 1 rings (SSSR count). The number of pyridine rings is 1. The molecule has 0 bridgehead atoms. The van der Waals surface area contributed by atoms with Crippen LogP contribution in [0.15, 0.2) is 12.3 Å². The van der Waals surface area contributed by atoms with Crippen LogP contribution < -0.4 is 10.6 Å². The summed E-state index contributed by atoms with van der Waals surface area (Å²) in [6.45, 7) is 7.05. The third-order valence-corrected chi connectivity index (χ3v) is 2.46. The Labute approximate surface area is 101 Å². The van der Waals surface area contributed by atoms with E-state index in [0.29, 0.717) is 17.3 Å². The lowest BCUT2D eigenvalue weighted by Crippen LogP contribution is -2.28. The first-order valence-corrected chi connectivity index (χ1v) is 5.80. The minimum Gasteiger partial charge on any atom is -0.396 e. The Kier molecular flexibility index (Phi) is 5.35. The van der Waals surface area contributed by atoms with Crippen LogP contribution in [0, 0.1) is 0 Å². The molecule has 1 aromatic heterocycles. The van der Waals surface area contributed by atoms with Crippen molar-refractivity contribution < 1.29 is 4.74 Å². The lowest BCUT2D eigenvalue weighted by Gasteiger charge is -2.23. The number of halogens is 1. The van der Waals surface area contributed by atoms with Crippen LogP contribution in [0.4, 0.5) is 11.5 Å². The zero-order chi connectivity index (χ0) is 12.0.